The standard InChI is InChI=1S/C11H16N2OS/c1-8-4-3-5-9(11(12)15)10(8)13-6-7-14-2/h3-5,13H,6-7H2,1-2H3,(H2,12,15). The summed E-state index contributed by atoms with van der Waals surface area (Å²) >= 11 is 4.99. The van der Waals surface area contributed by atoms with Gasteiger partial charge >= 0.3 is 0 Å². The fraction of sp³-hybridized carbons (Fsp3) is 0.364. The molecule has 0 aliphatic rings. The lowest BCUT2D eigenvalue weighted by Gasteiger charge is -2.13. The van der Waals surface area contributed by atoms with Gasteiger partial charge in [-0.15, -0.1) is 0 Å². The van der Waals surface area contributed by atoms with E-state index in [0.717, 1.165) is 23.4 Å². The lowest BCUT2D eigenvalue weighted by atomic mass is 10.1. The van der Waals surface area contributed by atoms with E-state index in [-0.39, 0.29) is 0 Å². The Morgan fingerprint density at radius 3 is 2.87 bits per heavy atom. The summed E-state index contributed by atoms with van der Waals surface area (Å²) in [5.41, 5.74) is 8.68. The molecule has 3 N–H and O–H groups in total. The van der Waals surface area contributed by atoms with Gasteiger partial charge in [-0.2, -0.15) is 0 Å². The number of aryl methyl sites for hydroxylation is 1. The van der Waals surface area contributed by atoms with Crippen LogP contribution >= 0.6 is 12.2 Å². The maximum atomic E-state index is 5.65. The first-order chi connectivity index (χ1) is 7.16. The smallest absolute Gasteiger partial charge is 0.106 e. The first kappa shape index (κ1) is 11.9. The number of anilines is 1. The monoisotopic (exact) mass is 224 g/mol. The van der Waals surface area contributed by atoms with Gasteiger partial charge in [0.2, 0.25) is 0 Å². The van der Waals surface area contributed by atoms with E-state index < -0.39 is 0 Å². The van der Waals surface area contributed by atoms with Crippen LogP contribution in [0.15, 0.2) is 18.2 Å². The summed E-state index contributed by atoms with van der Waals surface area (Å²) < 4.78 is 4.98. The van der Waals surface area contributed by atoms with Gasteiger partial charge in [-0.05, 0) is 18.6 Å². The van der Waals surface area contributed by atoms with E-state index in [0.29, 0.717) is 11.6 Å². The Kier molecular flexibility index (Phi) is 4.52. The van der Waals surface area contributed by atoms with Gasteiger partial charge in [0.15, 0.2) is 0 Å². The fourth-order valence-corrected chi connectivity index (χ4v) is 1.56. The SMILES string of the molecule is COCCNc1c(C)cccc1C(N)=S. The summed E-state index contributed by atoms with van der Waals surface area (Å²) in [6, 6.07) is 5.90. The van der Waals surface area contributed by atoms with Gasteiger partial charge < -0.3 is 15.8 Å². The largest absolute Gasteiger partial charge is 0.389 e. The lowest BCUT2D eigenvalue weighted by Crippen LogP contribution is -2.16. The predicted molar refractivity (Wildman–Crippen MR) is 67.4 cm³/mol. The number of nitrogens with one attached hydrogen (secondary N) is 1. The molecule has 0 fully saturated rings. The number of hydrogen-bond donors (Lipinski definition) is 2. The zero-order valence-electron chi connectivity index (χ0n) is 9.04. The summed E-state index contributed by atoms with van der Waals surface area (Å²) in [6.07, 6.45) is 0. The van der Waals surface area contributed by atoms with Crippen molar-refractivity contribution in [1.82, 2.24) is 0 Å². The first-order valence-corrected chi connectivity index (χ1v) is 5.20. The molecule has 82 valence electrons. The second kappa shape index (κ2) is 5.68. The lowest BCUT2D eigenvalue weighted by molar-refractivity contribution is 0.211. The van der Waals surface area contributed by atoms with Crippen LogP contribution in [-0.2, 0) is 4.74 Å². The molecule has 0 amide bonds. The zero-order valence-corrected chi connectivity index (χ0v) is 9.86. The molecule has 0 spiro atoms. The van der Waals surface area contributed by atoms with Crippen LogP contribution in [0.4, 0.5) is 5.69 Å². The van der Waals surface area contributed by atoms with Crippen molar-refractivity contribution in [2.45, 2.75) is 6.92 Å². The van der Waals surface area contributed by atoms with Gasteiger partial charge in [0.25, 0.3) is 0 Å². The molecule has 0 bridgehead atoms. The molecule has 0 unspecified atom stereocenters. The summed E-state index contributed by atoms with van der Waals surface area (Å²) in [5, 5.41) is 3.27. The maximum Gasteiger partial charge on any atom is 0.106 e. The van der Waals surface area contributed by atoms with Gasteiger partial charge in [0, 0.05) is 24.9 Å². The van der Waals surface area contributed by atoms with Gasteiger partial charge in [-0.25, -0.2) is 0 Å². The maximum absolute atomic E-state index is 5.65. The first-order valence-electron chi connectivity index (χ1n) is 4.79. The Morgan fingerprint density at radius 1 is 1.53 bits per heavy atom. The molecule has 1 rings (SSSR count). The van der Waals surface area contributed by atoms with Gasteiger partial charge in [-0.1, -0.05) is 24.4 Å². The molecule has 15 heavy (non-hydrogen) atoms. The Bertz CT molecular complexity index is 352. The normalized spacial score (nSPS) is 10.0. The highest BCUT2D eigenvalue weighted by molar-refractivity contribution is 7.80. The highest BCUT2D eigenvalue weighted by Gasteiger charge is 2.06. The predicted octanol–water partition coefficient (Wildman–Crippen LogP) is 1.69. The average Bonchev–Trinajstić information content (AvgIpc) is 2.20. The molecule has 3 nitrogen and oxygen atoms in total. The van der Waals surface area contributed by atoms with Crippen molar-refractivity contribution < 1.29 is 4.74 Å². The zero-order chi connectivity index (χ0) is 11.3. The Morgan fingerprint density at radius 2 is 2.27 bits per heavy atom. The Balaban J connectivity index is 2.87. The highest BCUT2D eigenvalue weighted by Crippen LogP contribution is 2.19. The minimum atomic E-state index is 0.415. The average molecular weight is 224 g/mol. The summed E-state index contributed by atoms with van der Waals surface area (Å²) in [7, 11) is 1.67. The molecule has 0 atom stereocenters. The van der Waals surface area contributed by atoms with E-state index in [4.69, 9.17) is 22.7 Å². The fourth-order valence-electron chi connectivity index (χ4n) is 1.39. The van der Waals surface area contributed by atoms with E-state index in [1.807, 2.05) is 25.1 Å². The molecule has 0 aliphatic carbocycles. The van der Waals surface area contributed by atoms with Gasteiger partial charge in [0.1, 0.15) is 4.99 Å². The molecular formula is C11H16N2OS. The number of rotatable bonds is 5. The minimum absolute atomic E-state index is 0.415. The van der Waals surface area contributed by atoms with E-state index in [2.05, 4.69) is 5.32 Å². The second-order valence-electron chi connectivity index (χ2n) is 3.28. The molecule has 4 heteroatoms. The van der Waals surface area contributed by atoms with Crippen LogP contribution in [-0.4, -0.2) is 25.2 Å². The third-order valence-corrected chi connectivity index (χ3v) is 2.37. The highest BCUT2D eigenvalue weighted by atomic mass is 32.1. The topological polar surface area (TPSA) is 47.3 Å². The van der Waals surface area contributed by atoms with Crippen LogP contribution in [0.25, 0.3) is 0 Å². The molecule has 1 aromatic rings. The number of thiocarbonyl (C=S) groups is 1. The number of methoxy groups -OCH3 is 1. The van der Waals surface area contributed by atoms with Crippen molar-refractivity contribution in [3.8, 4) is 0 Å². The molecule has 1 aromatic carbocycles. The van der Waals surface area contributed by atoms with Crippen molar-refractivity contribution >= 4 is 22.9 Å². The molecular weight excluding hydrogens is 208 g/mol. The molecule has 0 aliphatic heterocycles. The summed E-state index contributed by atoms with van der Waals surface area (Å²) in [4.78, 5) is 0.415. The molecule has 0 saturated carbocycles. The van der Waals surface area contributed by atoms with Crippen molar-refractivity contribution in [3.63, 3.8) is 0 Å². The Hall–Kier alpha value is -1.13. The van der Waals surface area contributed by atoms with E-state index >= 15 is 0 Å². The quantitative estimate of drug-likeness (QED) is 0.590. The summed E-state index contributed by atoms with van der Waals surface area (Å²) in [5.74, 6) is 0. The van der Waals surface area contributed by atoms with Crippen LogP contribution in [0.3, 0.4) is 0 Å². The van der Waals surface area contributed by atoms with E-state index in [9.17, 15) is 0 Å². The number of benzene rings is 1. The molecule has 0 saturated heterocycles. The third-order valence-electron chi connectivity index (χ3n) is 2.15. The minimum Gasteiger partial charge on any atom is -0.389 e. The van der Waals surface area contributed by atoms with Gasteiger partial charge in [-0.3, -0.25) is 0 Å². The molecule has 0 heterocycles. The Labute approximate surface area is 95.6 Å². The van der Waals surface area contributed by atoms with Gasteiger partial charge in [0.05, 0.1) is 6.61 Å². The molecule has 0 aromatic heterocycles. The summed E-state index contributed by atoms with van der Waals surface area (Å²) in [6.45, 7) is 3.43. The van der Waals surface area contributed by atoms with Crippen LogP contribution in [0.1, 0.15) is 11.1 Å². The van der Waals surface area contributed by atoms with Crippen LogP contribution in [0, 0.1) is 6.92 Å². The van der Waals surface area contributed by atoms with E-state index in [1.165, 1.54) is 0 Å². The van der Waals surface area contributed by atoms with Crippen molar-refractivity contribution in [2.24, 2.45) is 5.73 Å². The van der Waals surface area contributed by atoms with Crippen LogP contribution < -0.4 is 11.1 Å². The van der Waals surface area contributed by atoms with Crippen molar-refractivity contribution in [3.05, 3.63) is 29.3 Å². The second-order valence-corrected chi connectivity index (χ2v) is 3.72. The number of ether oxygens (including phenoxy) is 1. The van der Waals surface area contributed by atoms with Crippen molar-refractivity contribution in [1.29, 1.82) is 0 Å². The molecule has 0 radical (unpaired) electrons. The number of hydrogen-bond acceptors (Lipinski definition) is 3. The number of nitrogens with two attached hydrogens (primary N) is 1. The van der Waals surface area contributed by atoms with Crippen LogP contribution in [0.5, 0.6) is 0 Å². The number of para-hydroxylation sites is 1. The van der Waals surface area contributed by atoms with E-state index in [1.54, 1.807) is 7.11 Å². The van der Waals surface area contributed by atoms with Crippen LogP contribution in [0.2, 0.25) is 0 Å². The third kappa shape index (κ3) is 3.18. The van der Waals surface area contributed by atoms with Crippen molar-refractivity contribution in [2.75, 3.05) is 25.6 Å².